The lowest BCUT2D eigenvalue weighted by Gasteiger charge is -2.05. The Morgan fingerprint density at radius 1 is 1.13 bits per heavy atom. The van der Waals surface area contributed by atoms with Crippen LogP contribution in [-0.2, 0) is 16.6 Å². The minimum absolute atomic E-state index is 0.0575. The lowest BCUT2D eigenvalue weighted by molar-refractivity contribution is 0.582. The second-order valence-corrected chi connectivity index (χ2v) is 7.33. The molecule has 6 heteroatoms. The third kappa shape index (κ3) is 3.28. The zero-order valence-corrected chi connectivity index (χ0v) is 13.5. The molecule has 0 aliphatic carbocycles. The van der Waals surface area contributed by atoms with E-state index in [1.807, 2.05) is 36.5 Å². The minimum Gasteiger partial charge on any atom is -0.346 e. The molecule has 2 aromatic carbocycles. The predicted molar refractivity (Wildman–Crippen MR) is 90.2 cm³/mol. The van der Waals surface area contributed by atoms with Gasteiger partial charge in [0.05, 0.1) is 11.3 Å². The number of nitrogens with zero attached hydrogens (tertiary/aromatic N) is 1. The van der Waals surface area contributed by atoms with E-state index >= 15 is 0 Å². The van der Waals surface area contributed by atoms with Crippen molar-refractivity contribution in [3.05, 3.63) is 60.5 Å². The number of aromatic nitrogens is 1. The Kier molecular flexibility index (Phi) is 4.19. The van der Waals surface area contributed by atoms with Crippen molar-refractivity contribution in [1.29, 1.82) is 0 Å². The number of hydrogen-bond acceptors (Lipinski definition) is 2. The molecule has 0 bridgehead atoms. The normalized spacial score (nSPS) is 11.9. The van der Waals surface area contributed by atoms with Crippen molar-refractivity contribution < 1.29 is 12.8 Å². The fraction of sp³-hybridized carbons (Fsp3) is 0.176. The molecule has 0 saturated carbocycles. The van der Waals surface area contributed by atoms with E-state index in [1.54, 1.807) is 10.6 Å². The van der Waals surface area contributed by atoms with Gasteiger partial charge in [-0.1, -0.05) is 30.3 Å². The van der Waals surface area contributed by atoms with E-state index in [0.29, 0.717) is 5.52 Å². The first-order valence-electron chi connectivity index (χ1n) is 7.25. The standard InChI is InChI=1S/C17H17FN2O2S/c1-19-23(21,22)10-9-20-12-16(13-5-3-2-4-6-13)15-8-7-14(18)11-17(15)20/h2-8,11-12,19H,9-10H2,1H3. The second-order valence-electron chi connectivity index (χ2n) is 5.29. The van der Waals surface area contributed by atoms with Gasteiger partial charge in [0.15, 0.2) is 0 Å². The van der Waals surface area contributed by atoms with Gasteiger partial charge >= 0.3 is 0 Å². The number of fused-ring (bicyclic) bond motifs is 1. The Bertz CT molecular complexity index is 934. The van der Waals surface area contributed by atoms with Crippen LogP contribution in [0, 0.1) is 5.82 Å². The number of benzene rings is 2. The van der Waals surface area contributed by atoms with Crippen LogP contribution in [0.4, 0.5) is 4.39 Å². The van der Waals surface area contributed by atoms with Crippen molar-refractivity contribution in [3.63, 3.8) is 0 Å². The molecule has 1 heterocycles. The third-order valence-electron chi connectivity index (χ3n) is 3.84. The number of sulfonamides is 1. The molecule has 120 valence electrons. The van der Waals surface area contributed by atoms with E-state index in [1.165, 1.54) is 19.2 Å². The van der Waals surface area contributed by atoms with Crippen molar-refractivity contribution in [1.82, 2.24) is 9.29 Å². The average molecular weight is 332 g/mol. The summed E-state index contributed by atoms with van der Waals surface area (Å²) >= 11 is 0. The molecular formula is C17H17FN2O2S. The highest BCUT2D eigenvalue weighted by Gasteiger charge is 2.13. The third-order valence-corrected chi connectivity index (χ3v) is 5.18. The van der Waals surface area contributed by atoms with Crippen LogP contribution in [-0.4, -0.2) is 25.8 Å². The second kappa shape index (κ2) is 6.14. The van der Waals surface area contributed by atoms with E-state index in [4.69, 9.17) is 0 Å². The first-order valence-corrected chi connectivity index (χ1v) is 8.90. The Hall–Kier alpha value is -2.18. The molecule has 1 aromatic heterocycles. The number of nitrogens with one attached hydrogen (secondary N) is 1. The Labute approximate surface area is 134 Å². The largest absolute Gasteiger partial charge is 0.346 e. The van der Waals surface area contributed by atoms with Gasteiger partial charge in [0.1, 0.15) is 5.82 Å². The molecule has 0 aliphatic rings. The fourth-order valence-electron chi connectivity index (χ4n) is 2.62. The van der Waals surface area contributed by atoms with Crippen molar-refractivity contribution >= 4 is 20.9 Å². The van der Waals surface area contributed by atoms with Crippen molar-refractivity contribution in [2.24, 2.45) is 0 Å². The number of rotatable bonds is 5. The molecule has 1 N–H and O–H groups in total. The van der Waals surface area contributed by atoms with E-state index in [0.717, 1.165) is 16.5 Å². The maximum absolute atomic E-state index is 13.6. The molecule has 3 aromatic rings. The monoisotopic (exact) mass is 332 g/mol. The number of halogens is 1. The highest BCUT2D eigenvalue weighted by Crippen LogP contribution is 2.31. The summed E-state index contributed by atoms with van der Waals surface area (Å²) in [6.45, 7) is 0.260. The maximum atomic E-state index is 13.6. The first kappa shape index (κ1) is 15.7. The van der Waals surface area contributed by atoms with Gasteiger partial charge in [-0.15, -0.1) is 0 Å². The molecule has 4 nitrogen and oxygen atoms in total. The van der Waals surface area contributed by atoms with E-state index < -0.39 is 10.0 Å². The van der Waals surface area contributed by atoms with Gasteiger partial charge in [-0.2, -0.15) is 0 Å². The molecular weight excluding hydrogens is 315 g/mol. The van der Waals surface area contributed by atoms with Gasteiger partial charge in [-0.3, -0.25) is 0 Å². The zero-order valence-electron chi connectivity index (χ0n) is 12.7. The Morgan fingerprint density at radius 3 is 2.57 bits per heavy atom. The van der Waals surface area contributed by atoms with Gasteiger partial charge in [-0.05, 0) is 30.8 Å². The molecule has 0 aliphatic heterocycles. The molecule has 3 rings (SSSR count). The summed E-state index contributed by atoms with van der Waals surface area (Å²) in [4.78, 5) is 0. The van der Waals surface area contributed by atoms with Crippen molar-refractivity contribution in [2.45, 2.75) is 6.54 Å². The summed E-state index contributed by atoms with van der Waals surface area (Å²) in [5.74, 6) is -0.397. The number of hydrogen-bond donors (Lipinski definition) is 1. The fourth-order valence-corrected chi connectivity index (χ4v) is 3.26. The molecule has 0 amide bonds. The van der Waals surface area contributed by atoms with Gasteiger partial charge in [0.2, 0.25) is 10.0 Å². The lowest BCUT2D eigenvalue weighted by Crippen LogP contribution is -2.24. The molecule has 0 fully saturated rings. The van der Waals surface area contributed by atoms with E-state index in [9.17, 15) is 12.8 Å². The smallest absolute Gasteiger partial charge is 0.213 e. The van der Waals surface area contributed by atoms with Gasteiger partial charge < -0.3 is 4.57 Å². The molecule has 23 heavy (non-hydrogen) atoms. The summed E-state index contributed by atoms with van der Waals surface area (Å²) < 4.78 is 41.0. The maximum Gasteiger partial charge on any atom is 0.213 e. The summed E-state index contributed by atoms with van der Waals surface area (Å²) in [5, 5.41) is 0.902. The topological polar surface area (TPSA) is 51.1 Å². The Balaban J connectivity index is 2.09. The van der Waals surface area contributed by atoms with Crippen LogP contribution in [0.15, 0.2) is 54.7 Å². The molecule has 0 saturated heterocycles. The predicted octanol–water partition coefficient (Wildman–Crippen LogP) is 3.00. The van der Waals surface area contributed by atoms with Crippen LogP contribution in [0.2, 0.25) is 0 Å². The molecule has 0 spiro atoms. The van der Waals surface area contributed by atoms with Crippen molar-refractivity contribution in [2.75, 3.05) is 12.8 Å². The van der Waals surface area contributed by atoms with Crippen LogP contribution < -0.4 is 4.72 Å². The molecule has 0 unspecified atom stereocenters. The summed E-state index contributed by atoms with van der Waals surface area (Å²) in [6.07, 6.45) is 1.88. The SMILES string of the molecule is CNS(=O)(=O)CCn1cc(-c2ccccc2)c2ccc(F)cc21. The number of aryl methyl sites for hydroxylation is 1. The van der Waals surface area contributed by atoms with Crippen LogP contribution in [0.25, 0.3) is 22.0 Å². The van der Waals surface area contributed by atoms with Crippen LogP contribution >= 0.6 is 0 Å². The summed E-state index contributed by atoms with van der Waals surface area (Å²) in [6, 6.07) is 14.4. The average Bonchev–Trinajstić information content (AvgIpc) is 2.92. The Morgan fingerprint density at radius 2 is 1.87 bits per heavy atom. The van der Waals surface area contributed by atoms with Crippen molar-refractivity contribution in [3.8, 4) is 11.1 Å². The summed E-state index contributed by atoms with van der Waals surface area (Å²) in [5.41, 5.74) is 2.66. The quantitative estimate of drug-likeness (QED) is 0.781. The van der Waals surface area contributed by atoms with Gasteiger partial charge in [-0.25, -0.2) is 17.5 Å². The lowest BCUT2D eigenvalue weighted by atomic mass is 10.1. The van der Waals surface area contributed by atoms with Crippen LogP contribution in [0.1, 0.15) is 0 Å². The molecule has 0 radical (unpaired) electrons. The first-order chi connectivity index (χ1) is 11.0. The van der Waals surface area contributed by atoms with E-state index in [2.05, 4.69) is 4.72 Å². The molecule has 0 atom stereocenters. The summed E-state index contributed by atoms with van der Waals surface area (Å²) in [7, 11) is -1.93. The van der Waals surface area contributed by atoms with Gasteiger partial charge in [0, 0.05) is 23.7 Å². The zero-order chi connectivity index (χ0) is 16.4. The van der Waals surface area contributed by atoms with Crippen LogP contribution in [0.3, 0.4) is 0 Å². The van der Waals surface area contributed by atoms with Crippen LogP contribution in [0.5, 0.6) is 0 Å². The van der Waals surface area contributed by atoms with E-state index in [-0.39, 0.29) is 18.1 Å². The highest BCUT2D eigenvalue weighted by atomic mass is 32.2. The van der Waals surface area contributed by atoms with Gasteiger partial charge in [0.25, 0.3) is 0 Å². The minimum atomic E-state index is -3.32. The highest BCUT2D eigenvalue weighted by molar-refractivity contribution is 7.89.